The number of unbranched alkanes of at least 4 members (excludes halogenated alkanes) is 1. The van der Waals surface area contributed by atoms with Gasteiger partial charge < -0.3 is 9.84 Å². The molecule has 0 bridgehead atoms. The normalized spacial score (nSPS) is 10.8. The van der Waals surface area contributed by atoms with E-state index in [2.05, 4.69) is 23.2 Å². The van der Waals surface area contributed by atoms with Gasteiger partial charge in [0, 0.05) is 12.5 Å². The average molecular weight is 168 g/mol. The van der Waals surface area contributed by atoms with Crippen LogP contribution in [-0.2, 0) is 9.53 Å². The van der Waals surface area contributed by atoms with Crippen LogP contribution in [0.25, 0.3) is 0 Å². The summed E-state index contributed by atoms with van der Waals surface area (Å²) in [5, 5.41) is 8.91. The Kier molecular flexibility index (Phi) is 5.76. The topological polar surface area (TPSA) is 46.5 Å². The average Bonchev–Trinajstić information content (AvgIpc) is 2.05. The van der Waals surface area contributed by atoms with E-state index in [1.54, 1.807) is 0 Å². The summed E-state index contributed by atoms with van der Waals surface area (Å²) in [6.07, 6.45) is 1.24. The second-order valence-corrected chi connectivity index (χ2v) is 2.06. The molecule has 0 saturated heterocycles. The zero-order valence-electron chi connectivity index (χ0n) is 7.04. The van der Waals surface area contributed by atoms with Crippen molar-refractivity contribution in [1.82, 2.24) is 0 Å². The lowest BCUT2D eigenvalue weighted by Crippen LogP contribution is -2.13. The number of carbonyl (C=O) groups excluding carboxylic acids is 1. The zero-order valence-corrected chi connectivity index (χ0v) is 7.04. The van der Waals surface area contributed by atoms with Gasteiger partial charge in [-0.1, -0.05) is 19.4 Å². The third-order valence-electron chi connectivity index (χ3n) is 0.995. The second-order valence-electron chi connectivity index (χ2n) is 2.06. The number of aliphatic hydroxyl groups excluding tert-OH is 1. The molecule has 66 valence electrons. The first-order chi connectivity index (χ1) is 5.70. The number of esters is 1. The maximum absolute atomic E-state index is 10.5. The molecule has 0 radical (unpaired) electrons. The Labute approximate surface area is 72.0 Å². The summed E-state index contributed by atoms with van der Waals surface area (Å²) in [6, 6.07) is 0. The van der Waals surface area contributed by atoms with Crippen molar-refractivity contribution in [2.45, 2.75) is 26.1 Å². The predicted octanol–water partition coefficient (Wildman–Crippen LogP) is 0.838. The van der Waals surface area contributed by atoms with Gasteiger partial charge in [-0.25, -0.2) is 4.79 Å². The first-order valence-corrected chi connectivity index (χ1v) is 3.70. The number of hydrogen-bond acceptors (Lipinski definition) is 3. The Morgan fingerprint density at radius 1 is 1.83 bits per heavy atom. The largest absolute Gasteiger partial charge is 0.421 e. The van der Waals surface area contributed by atoms with E-state index < -0.39 is 12.3 Å². The summed E-state index contributed by atoms with van der Waals surface area (Å²) >= 11 is 0. The van der Waals surface area contributed by atoms with Crippen LogP contribution in [0.2, 0.25) is 0 Å². The van der Waals surface area contributed by atoms with Gasteiger partial charge in [-0.05, 0) is 12.3 Å². The molecule has 0 fully saturated rings. The molecule has 0 aliphatic rings. The number of ether oxygens (including phenoxy) is 1. The summed E-state index contributed by atoms with van der Waals surface area (Å²) < 4.78 is 4.37. The molecule has 0 heterocycles. The summed E-state index contributed by atoms with van der Waals surface area (Å²) in [5.74, 6) is 4.34. The lowest BCUT2D eigenvalue weighted by atomic mass is 10.3. The molecule has 0 aromatic carbocycles. The van der Waals surface area contributed by atoms with Gasteiger partial charge >= 0.3 is 5.97 Å². The fraction of sp³-hybridized carbons (Fsp3) is 0.444. The molecule has 3 nitrogen and oxygen atoms in total. The number of rotatable bonds is 3. The Bertz CT molecular complexity index is 210. The van der Waals surface area contributed by atoms with Crippen LogP contribution >= 0.6 is 0 Å². The molecule has 0 aromatic heterocycles. The molecule has 0 aliphatic heterocycles. The molecule has 3 heteroatoms. The minimum atomic E-state index is -1.33. The SMILES string of the molecule is C=CC(=O)OC(O)C#CCCC. The number of aliphatic hydroxyl groups is 1. The molecular weight excluding hydrogens is 156 g/mol. The van der Waals surface area contributed by atoms with Gasteiger partial charge in [0.25, 0.3) is 6.29 Å². The minimum Gasteiger partial charge on any atom is -0.421 e. The zero-order chi connectivity index (χ0) is 9.40. The number of hydrogen-bond donors (Lipinski definition) is 1. The van der Waals surface area contributed by atoms with Gasteiger partial charge in [-0.15, -0.1) is 0 Å². The van der Waals surface area contributed by atoms with Crippen LogP contribution in [0.4, 0.5) is 0 Å². The van der Waals surface area contributed by atoms with Crippen LogP contribution in [0.1, 0.15) is 19.8 Å². The van der Waals surface area contributed by atoms with Gasteiger partial charge in [0.2, 0.25) is 0 Å². The van der Waals surface area contributed by atoms with E-state index in [4.69, 9.17) is 5.11 Å². The molecule has 0 saturated carbocycles. The highest BCUT2D eigenvalue weighted by Gasteiger charge is 2.02. The predicted molar refractivity (Wildman–Crippen MR) is 45.0 cm³/mol. The smallest absolute Gasteiger partial charge is 0.333 e. The van der Waals surface area contributed by atoms with E-state index >= 15 is 0 Å². The first-order valence-electron chi connectivity index (χ1n) is 3.70. The molecule has 1 N–H and O–H groups in total. The molecule has 1 unspecified atom stereocenters. The van der Waals surface area contributed by atoms with Gasteiger partial charge in [-0.2, -0.15) is 0 Å². The van der Waals surface area contributed by atoms with Crippen molar-refractivity contribution in [3.05, 3.63) is 12.7 Å². The lowest BCUT2D eigenvalue weighted by molar-refractivity contribution is -0.153. The quantitative estimate of drug-likeness (QED) is 0.294. The fourth-order valence-electron chi connectivity index (χ4n) is 0.472. The van der Waals surface area contributed by atoms with E-state index in [1.807, 2.05) is 6.92 Å². The maximum Gasteiger partial charge on any atom is 0.333 e. The van der Waals surface area contributed by atoms with Crippen molar-refractivity contribution in [3.63, 3.8) is 0 Å². The Balaban J connectivity index is 3.74. The molecule has 0 amide bonds. The van der Waals surface area contributed by atoms with Crippen LogP contribution in [0, 0.1) is 11.8 Å². The summed E-state index contributed by atoms with van der Waals surface area (Å²) in [5.41, 5.74) is 0. The fourth-order valence-corrected chi connectivity index (χ4v) is 0.472. The molecule has 1 atom stereocenters. The highest BCUT2D eigenvalue weighted by atomic mass is 16.6. The van der Waals surface area contributed by atoms with Crippen LogP contribution in [0.15, 0.2) is 12.7 Å². The Morgan fingerprint density at radius 2 is 2.50 bits per heavy atom. The standard InChI is InChI=1S/C9H12O3/c1-3-5-6-7-9(11)12-8(10)4-2/h4,9,11H,2-3,5H2,1H3. The van der Waals surface area contributed by atoms with Crippen molar-refractivity contribution in [2.24, 2.45) is 0 Å². The van der Waals surface area contributed by atoms with Gasteiger partial charge in [-0.3, -0.25) is 0 Å². The van der Waals surface area contributed by atoms with Crippen molar-refractivity contribution >= 4 is 5.97 Å². The van der Waals surface area contributed by atoms with Crippen LogP contribution < -0.4 is 0 Å². The van der Waals surface area contributed by atoms with Gasteiger partial charge in [0.15, 0.2) is 0 Å². The van der Waals surface area contributed by atoms with Crippen molar-refractivity contribution in [2.75, 3.05) is 0 Å². The third kappa shape index (κ3) is 5.51. The molecular formula is C9H12O3. The third-order valence-corrected chi connectivity index (χ3v) is 0.995. The van der Waals surface area contributed by atoms with Crippen molar-refractivity contribution < 1.29 is 14.6 Å². The molecule has 0 aromatic rings. The van der Waals surface area contributed by atoms with E-state index in [9.17, 15) is 4.79 Å². The van der Waals surface area contributed by atoms with Crippen LogP contribution in [0.3, 0.4) is 0 Å². The van der Waals surface area contributed by atoms with E-state index in [1.165, 1.54) is 0 Å². The van der Waals surface area contributed by atoms with E-state index in [0.717, 1.165) is 12.5 Å². The second kappa shape index (κ2) is 6.44. The summed E-state index contributed by atoms with van der Waals surface area (Å²) in [4.78, 5) is 10.5. The molecule has 12 heavy (non-hydrogen) atoms. The van der Waals surface area contributed by atoms with Crippen molar-refractivity contribution in [3.8, 4) is 11.8 Å². The summed E-state index contributed by atoms with van der Waals surface area (Å²) in [7, 11) is 0. The summed E-state index contributed by atoms with van der Waals surface area (Å²) in [6.45, 7) is 5.15. The van der Waals surface area contributed by atoms with Crippen LogP contribution in [-0.4, -0.2) is 17.4 Å². The minimum absolute atomic E-state index is 0.673. The van der Waals surface area contributed by atoms with Crippen molar-refractivity contribution in [1.29, 1.82) is 0 Å². The highest BCUT2D eigenvalue weighted by molar-refractivity contribution is 5.81. The van der Waals surface area contributed by atoms with Gasteiger partial charge in [0.05, 0.1) is 0 Å². The molecule has 0 aliphatic carbocycles. The Hall–Kier alpha value is -1.27. The maximum atomic E-state index is 10.5. The lowest BCUT2D eigenvalue weighted by Gasteiger charge is -2.01. The first kappa shape index (κ1) is 10.7. The number of carbonyl (C=O) groups is 1. The highest BCUT2D eigenvalue weighted by Crippen LogP contribution is 1.88. The van der Waals surface area contributed by atoms with E-state index in [0.29, 0.717) is 6.42 Å². The van der Waals surface area contributed by atoms with Crippen LogP contribution in [0.5, 0.6) is 0 Å². The van der Waals surface area contributed by atoms with Gasteiger partial charge in [0.1, 0.15) is 0 Å². The monoisotopic (exact) mass is 168 g/mol. The molecule has 0 rings (SSSR count). The molecule has 0 spiro atoms. The van der Waals surface area contributed by atoms with E-state index in [-0.39, 0.29) is 0 Å². The Morgan fingerprint density at radius 3 is 3.00 bits per heavy atom.